The number of aliphatic hydroxyl groups excluding tert-OH is 1. The molecule has 144 valence electrons. The van der Waals surface area contributed by atoms with Gasteiger partial charge in [0.1, 0.15) is 0 Å². The minimum atomic E-state index is -0.178. The molecule has 3 nitrogen and oxygen atoms in total. The van der Waals surface area contributed by atoms with Crippen LogP contribution in [0.1, 0.15) is 64.7 Å². The largest absolute Gasteiger partial charge is 0.392 e. The maximum atomic E-state index is 10.5. The first-order valence-corrected chi connectivity index (χ1v) is 11.2. The van der Waals surface area contributed by atoms with Gasteiger partial charge in [-0.15, -0.1) is 0 Å². The molecule has 1 N–H and O–H groups in total. The van der Waals surface area contributed by atoms with Crippen molar-refractivity contribution < 1.29 is 14.6 Å². The summed E-state index contributed by atoms with van der Waals surface area (Å²) in [5.41, 5.74) is 2.20. The Morgan fingerprint density at radius 3 is 2.88 bits per heavy atom. The second kappa shape index (κ2) is 5.58. The number of fused-ring (bicyclic) bond motifs is 4. The van der Waals surface area contributed by atoms with E-state index in [2.05, 4.69) is 13.0 Å². The molecule has 0 amide bonds. The van der Waals surface area contributed by atoms with E-state index >= 15 is 0 Å². The highest BCUT2D eigenvalue weighted by Crippen LogP contribution is 2.66. The smallest absolute Gasteiger partial charge is 0.0635 e. The van der Waals surface area contributed by atoms with Crippen LogP contribution in [0.15, 0.2) is 11.6 Å². The lowest BCUT2D eigenvalue weighted by Crippen LogP contribution is -2.57. The molecule has 3 heteroatoms. The van der Waals surface area contributed by atoms with Crippen molar-refractivity contribution in [2.45, 2.75) is 83.0 Å². The lowest BCUT2D eigenvalue weighted by atomic mass is 9.46. The first-order chi connectivity index (χ1) is 12.6. The van der Waals surface area contributed by atoms with Gasteiger partial charge < -0.3 is 14.6 Å². The number of rotatable bonds is 2. The molecule has 0 aromatic carbocycles. The number of hydrogen-bond acceptors (Lipinski definition) is 3. The van der Waals surface area contributed by atoms with Gasteiger partial charge in [-0.05, 0) is 81.0 Å². The standard InChI is InChI=1S/C23H34O3/c1-22-9-8-19-17(18(22)6-7-21(22)26-16-3-4-16)5-2-15-10-20(24)14-11-23(15,19)13-25-12-14/h2,14,16-21,24H,3-13H2,1H3/t14-,17?,18?,19?,20-,21+,22+,23-/m1/s1. The summed E-state index contributed by atoms with van der Waals surface area (Å²) >= 11 is 0. The summed E-state index contributed by atoms with van der Waals surface area (Å²) in [7, 11) is 0. The van der Waals surface area contributed by atoms with E-state index in [-0.39, 0.29) is 11.5 Å². The van der Waals surface area contributed by atoms with Crippen LogP contribution in [0.2, 0.25) is 0 Å². The van der Waals surface area contributed by atoms with Crippen molar-refractivity contribution in [2.75, 3.05) is 13.2 Å². The van der Waals surface area contributed by atoms with Crippen molar-refractivity contribution in [2.24, 2.45) is 34.5 Å². The SMILES string of the molecule is C[C@]12CCC3C(CC=C4C[C@@H](O)[C@H]5COC[C@]43C5)C1CC[C@@H]2OC1CC1. The average molecular weight is 359 g/mol. The predicted molar refractivity (Wildman–Crippen MR) is 99.6 cm³/mol. The molecular formula is C23H34O3. The Kier molecular flexibility index (Phi) is 3.55. The van der Waals surface area contributed by atoms with E-state index in [1.807, 2.05) is 0 Å². The Hall–Kier alpha value is -0.380. The number of ether oxygens (including phenoxy) is 2. The van der Waals surface area contributed by atoms with E-state index in [1.165, 1.54) is 51.4 Å². The zero-order chi connectivity index (χ0) is 17.5. The van der Waals surface area contributed by atoms with E-state index in [0.29, 0.717) is 23.5 Å². The molecule has 1 saturated heterocycles. The van der Waals surface area contributed by atoms with Gasteiger partial charge in [0.05, 0.1) is 31.5 Å². The van der Waals surface area contributed by atoms with Crippen molar-refractivity contribution in [1.29, 1.82) is 0 Å². The molecule has 2 bridgehead atoms. The van der Waals surface area contributed by atoms with Crippen LogP contribution in [-0.2, 0) is 9.47 Å². The van der Waals surface area contributed by atoms with Gasteiger partial charge in [0.25, 0.3) is 0 Å². The molecule has 5 fully saturated rings. The third kappa shape index (κ3) is 2.17. The van der Waals surface area contributed by atoms with Gasteiger partial charge in [-0.2, -0.15) is 0 Å². The molecule has 26 heavy (non-hydrogen) atoms. The Bertz CT molecular complexity index is 625. The van der Waals surface area contributed by atoms with Gasteiger partial charge in [0.15, 0.2) is 0 Å². The van der Waals surface area contributed by atoms with Crippen molar-refractivity contribution in [3.05, 3.63) is 11.6 Å². The highest BCUT2D eigenvalue weighted by Gasteiger charge is 2.62. The quantitative estimate of drug-likeness (QED) is 0.756. The molecule has 3 unspecified atom stereocenters. The third-order valence-electron chi connectivity index (χ3n) is 9.51. The van der Waals surface area contributed by atoms with Gasteiger partial charge in [0.2, 0.25) is 0 Å². The van der Waals surface area contributed by atoms with E-state index in [9.17, 15) is 5.11 Å². The fourth-order valence-electron chi connectivity index (χ4n) is 8.02. The molecular weight excluding hydrogens is 324 g/mol. The Labute approximate surface area is 157 Å². The van der Waals surface area contributed by atoms with E-state index in [0.717, 1.165) is 37.4 Å². The number of allylic oxidation sites excluding steroid dienone is 1. The molecule has 1 aliphatic heterocycles. The van der Waals surface area contributed by atoms with Crippen LogP contribution < -0.4 is 0 Å². The van der Waals surface area contributed by atoms with Crippen LogP contribution in [0, 0.1) is 34.5 Å². The van der Waals surface area contributed by atoms with E-state index in [1.54, 1.807) is 5.57 Å². The minimum Gasteiger partial charge on any atom is -0.392 e. The summed E-state index contributed by atoms with van der Waals surface area (Å²) in [6, 6.07) is 0. The van der Waals surface area contributed by atoms with Crippen LogP contribution in [-0.4, -0.2) is 36.6 Å². The van der Waals surface area contributed by atoms with Crippen LogP contribution >= 0.6 is 0 Å². The summed E-state index contributed by atoms with van der Waals surface area (Å²) in [6.07, 6.45) is 14.7. The molecule has 8 atom stereocenters. The summed E-state index contributed by atoms with van der Waals surface area (Å²) in [4.78, 5) is 0. The molecule has 0 radical (unpaired) electrons. The molecule has 0 aromatic rings. The van der Waals surface area contributed by atoms with Gasteiger partial charge >= 0.3 is 0 Å². The summed E-state index contributed by atoms with van der Waals surface area (Å²) < 4.78 is 12.6. The predicted octanol–water partition coefficient (Wildman–Crippen LogP) is 4.09. The summed E-state index contributed by atoms with van der Waals surface area (Å²) in [5.74, 6) is 2.77. The highest BCUT2D eigenvalue weighted by molar-refractivity contribution is 5.28. The minimum absolute atomic E-state index is 0.178. The fraction of sp³-hybridized carbons (Fsp3) is 0.913. The molecule has 0 aromatic heterocycles. The molecule has 5 aliphatic carbocycles. The second-order valence-corrected chi connectivity index (χ2v) is 10.7. The summed E-state index contributed by atoms with van der Waals surface area (Å²) in [5, 5.41) is 10.5. The van der Waals surface area contributed by atoms with Crippen LogP contribution in [0.4, 0.5) is 0 Å². The maximum absolute atomic E-state index is 10.5. The Balaban J connectivity index is 1.32. The highest BCUT2D eigenvalue weighted by atomic mass is 16.5. The maximum Gasteiger partial charge on any atom is 0.0635 e. The first-order valence-electron chi connectivity index (χ1n) is 11.2. The lowest BCUT2D eigenvalue weighted by Gasteiger charge is -2.61. The molecule has 4 saturated carbocycles. The molecule has 1 spiro atoms. The van der Waals surface area contributed by atoms with E-state index in [4.69, 9.17) is 9.47 Å². The zero-order valence-electron chi connectivity index (χ0n) is 16.2. The second-order valence-electron chi connectivity index (χ2n) is 10.7. The topological polar surface area (TPSA) is 38.7 Å². The van der Waals surface area contributed by atoms with Crippen molar-refractivity contribution in [1.82, 2.24) is 0 Å². The van der Waals surface area contributed by atoms with Crippen molar-refractivity contribution in [3.63, 3.8) is 0 Å². The normalized spacial score (nSPS) is 55.5. The van der Waals surface area contributed by atoms with Crippen LogP contribution in [0.5, 0.6) is 0 Å². The van der Waals surface area contributed by atoms with E-state index < -0.39 is 0 Å². The average Bonchev–Trinajstić information content (AvgIpc) is 3.39. The van der Waals surface area contributed by atoms with Crippen LogP contribution in [0.3, 0.4) is 0 Å². The lowest BCUT2D eigenvalue weighted by molar-refractivity contribution is -0.153. The Morgan fingerprint density at radius 2 is 2.04 bits per heavy atom. The number of aliphatic hydroxyl groups is 1. The first kappa shape index (κ1) is 16.6. The van der Waals surface area contributed by atoms with Crippen molar-refractivity contribution >= 4 is 0 Å². The van der Waals surface area contributed by atoms with Gasteiger partial charge in [-0.1, -0.05) is 18.6 Å². The third-order valence-corrected chi connectivity index (χ3v) is 9.51. The van der Waals surface area contributed by atoms with Crippen molar-refractivity contribution in [3.8, 4) is 0 Å². The molecule has 6 rings (SSSR count). The van der Waals surface area contributed by atoms with Crippen LogP contribution in [0.25, 0.3) is 0 Å². The Morgan fingerprint density at radius 1 is 1.15 bits per heavy atom. The molecule has 1 heterocycles. The molecule has 6 aliphatic rings. The number of hydrogen-bond donors (Lipinski definition) is 1. The fourth-order valence-corrected chi connectivity index (χ4v) is 8.02. The van der Waals surface area contributed by atoms with Gasteiger partial charge in [-0.3, -0.25) is 0 Å². The summed E-state index contributed by atoms with van der Waals surface area (Å²) in [6.45, 7) is 4.23. The monoisotopic (exact) mass is 358 g/mol. The van der Waals surface area contributed by atoms with Gasteiger partial charge in [0, 0.05) is 11.3 Å². The van der Waals surface area contributed by atoms with Gasteiger partial charge in [-0.25, -0.2) is 0 Å². The zero-order valence-corrected chi connectivity index (χ0v) is 16.2.